The van der Waals surface area contributed by atoms with E-state index in [4.69, 9.17) is 0 Å². The van der Waals surface area contributed by atoms with E-state index in [0.717, 1.165) is 12.0 Å². The average molecular weight is 284 g/mol. The van der Waals surface area contributed by atoms with Crippen molar-refractivity contribution < 1.29 is 4.92 Å². The van der Waals surface area contributed by atoms with Gasteiger partial charge in [0.25, 0.3) is 5.69 Å². The minimum atomic E-state index is -0.358. The fourth-order valence-electron chi connectivity index (χ4n) is 2.46. The smallest absolute Gasteiger partial charge is 0.269 e. The molecule has 0 aliphatic heterocycles. The molecule has 0 saturated heterocycles. The van der Waals surface area contributed by atoms with Crippen molar-refractivity contribution in [3.05, 3.63) is 75.8 Å². The van der Waals surface area contributed by atoms with Crippen LogP contribution in [0, 0.1) is 10.1 Å². The molecule has 110 valence electrons. The normalized spacial score (nSPS) is 13.6. The summed E-state index contributed by atoms with van der Waals surface area (Å²) in [6.45, 7) is 4.15. The van der Waals surface area contributed by atoms with Crippen molar-refractivity contribution in [2.75, 3.05) is 0 Å². The van der Waals surface area contributed by atoms with Crippen LogP contribution in [0.15, 0.2) is 54.6 Å². The van der Waals surface area contributed by atoms with Gasteiger partial charge < -0.3 is 5.32 Å². The predicted octanol–water partition coefficient (Wildman–Crippen LogP) is 3.88. The zero-order valence-electron chi connectivity index (χ0n) is 12.3. The Bertz CT molecular complexity index is 599. The van der Waals surface area contributed by atoms with E-state index in [1.165, 1.54) is 11.6 Å². The molecule has 0 aromatic heterocycles. The minimum absolute atomic E-state index is 0.0728. The Kier molecular flexibility index (Phi) is 5.06. The molecule has 0 heterocycles. The highest BCUT2D eigenvalue weighted by Crippen LogP contribution is 2.19. The lowest BCUT2D eigenvalue weighted by molar-refractivity contribution is -0.384. The summed E-state index contributed by atoms with van der Waals surface area (Å²) < 4.78 is 0. The molecule has 2 aromatic carbocycles. The molecular formula is C17H20N2O2. The second-order valence-corrected chi connectivity index (χ2v) is 5.33. The fraction of sp³-hybridized carbons (Fsp3) is 0.294. The summed E-state index contributed by atoms with van der Waals surface area (Å²) >= 11 is 0. The van der Waals surface area contributed by atoms with Crippen LogP contribution in [0.2, 0.25) is 0 Å². The lowest BCUT2D eigenvalue weighted by atomic mass is 10.0. The van der Waals surface area contributed by atoms with E-state index >= 15 is 0 Å². The van der Waals surface area contributed by atoms with E-state index < -0.39 is 0 Å². The Balaban J connectivity index is 1.99. The third-order valence-corrected chi connectivity index (χ3v) is 3.50. The number of hydrogen-bond donors (Lipinski definition) is 1. The molecule has 0 spiro atoms. The van der Waals surface area contributed by atoms with Gasteiger partial charge in [0.2, 0.25) is 0 Å². The molecule has 4 nitrogen and oxygen atoms in total. The van der Waals surface area contributed by atoms with Gasteiger partial charge in [0, 0.05) is 24.2 Å². The van der Waals surface area contributed by atoms with Crippen molar-refractivity contribution in [2.24, 2.45) is 0 Å². The molecule has 0 radical (unpaired) electrons. The van der Waals surface area contributed by atoms with Crippen molar-refractivity contribution in [3.8, 4) is 0 Å². The van der Waals surface area contributed by atoms with Crippen LogP contribution in [0.5, 0.6) is 0 Å². The van der Waals surface area contributed by atoms with Crippen LogP contribution in [0.1, 0.15) is 31.0 Å². The first-order valence-corrected chi connectivity index (χ1v) is 7.10. The quantitative estimate of drug-likeness (QED) is 0.647. The Labute approximate surface area is 125 Å². The highest BCUT2D eigenvalue weighted by Gasteiger charge is 2.13. The van der Waals surface area contributed by atoms with Crippen molar-refractivity contribution in [1.82, 2.24) is 5.32 Å². The SMILES string of the molecule is CC(Cc1ccccc1)NC(C)c1cccc([N+](=O)[O-])c1. The number of rotatable bonds is 6. The Hall–Kier alpha value is -2.20. The number of nitrogens with zero attached hydrogens (tertiary/aromatic N) is 1. The van der Waals surface area contributed by atoms with Crippen molar-refractivity contribution in [1.29, 1.82) is 0 Å². The molecule has 0 amide bonds. The Morgan fingerprint density at radius 3 is 2.48 bits per heavy atom. The first-order valence-electron chi connectivity index (χ1n) is 7.10. The van der Waals surface area contributed by atoms with Gasteiger partial charge in [-0.15, -0.1) is 0 Å². The van der Waals surface area contributed by atoms with Crippen LogP contribution >= 0.6 is 0 Å². The molecule has 2 aromatic rings. The standard InChI is InChI=1S/C17H20N2O2/c1-13(11-15-7-4-3-5-8-15)18-14(2)16-9-6-10-17(12-16)19(20)21/h3-10,12-14,18H,11H2,1-2H3. The van der Waals surface area contributed by atoms with E-state index in [1.54, 1.807) is 12.1 Å². The molecular weight excluding hydrogens is 264 g/mol. The molecule has 0 saturated carbocycles. The number of nitro groups is 1. The summed E-state index contributed by atoms with van der Waals surface area (Å²) in [6.07, 6.45) is 0.931. The van der Waals surface area contributed by atoms with Gasteiger partial charge in [0.05, 0.1) is 4.92 Å². The predicted molar refractivity (Wildman–Crippen MR) is 84.3 cm³/mol. The summed E-state index contributed by atoms with van der Waals surface area (Å²) in [5.41, 5.74) is 2.35. The molecule has 0 aliphatic rings. The van der Waals surface area contributed by atoms with Gasteiger partial charge in [-0.05, 0) is 31.4 Å². The van der Waals surface area contributed by atoms with E-state index in [0.29, 0.717) is 6.04 Å². The van der Waals surface area contributed by atoms with Gasteiger partial charge in [-0.3, -0.25) is 10.1 Å². The average Bonchev–Trinajstić information content (AvgIpc) is 2.48. The minimum Gasteiger partial charge on any atom is -0.307 e. The van der Waals surface area contributed by atoms with Gasteiger partial charge in [0.1, 0.15) is 0 Å². The molecule has 2 rings (SSSR count). The highest BCUT2D eigenvalue weighted by molar-refractivity contribution is 5.35. The van der Waals surface area contributed by atoms with Crippen molar-refractivity contribution >= 4 is 5.69 Å². The fourth-order valence-corrected chi connectivity index (χ4v) is 2.46. The first-order chi connectivity index (χ1) is 10.1. The summed E-state index contributed by atoms with van der Waals surface area (Å²) in [6, 6.07) is 17.5. The van der Waals surface area contributed by atoms with Crippen LogP contribution in [-0.2, 0) is 6.42 Å². The van der Waals surface area contributed by atoms with E-state index in [1.807, 2.05) is 31.2 Å². The van der Waals surface area contributed by atoms with Crippen molar-refractivity contribution in [3.63, 3.8) is 0 Å². The second kappa shape index (κ2) is 6.99. The molecule has 21 heavy (non-hydrogen) atoms. The number of nitro benzene ring substituents is 1. The maximum Gasteiger partial charge on any atom is 0.269 e. The van der Waals surface area contributed by atoms with E-state index in [9.17, 15) is 10.1 Å². The summed E-state index contributed by atoms with van der Waals surface area (Å²) in [5.74, 6) is 0. The molecule has 1 N–H and O–H groups in total. The monoisotopic (exact) mass is 284 g/mol. The topological polar surface area (TPSA) is 55.2 Å². The zero-order valence-corrected chi connectivity index (χ0v) is 12.3. The summed E-state index contributed by atoms with van der Waals surface area (Å²) in [7, 11) is 0. The summed E-state index contributed by atoms with van der Waals surface area (Å²) in [5, 5.41) is 14.3. The molecule has 2 unspecified atom stereocenters. The third-order valence-electron chi connectivity index (χ3n) is 3.50. The maximum absolute atomic E-state index is 10.8. The van der Waals surface area contributed by atoms with Crippen LogP contribution in [0.3, 0.4) is 0 Å². The van der Waals surface area contributed by atoms with Crippen molar-refractivity contribution in [2.45, 2.75) is 32.4 Å². The number of hydrogen-bond acceptors (Lipinski definition) is 3. The van der Waals surface area contributed by atoms with Gasteiger partial charge in [0.15, 0.2) is 0 Å². The van der Waals surface area contributed by atoms with Gasteiger partial charge in [-0.25, -0.2) is 0 Å². The largest absolute Gasteiger partial charge is 0.307 e. The van der Waals surface area contributed by atoms with Crippen LogP contribution in [0.4, 0.5) is 5.69 Å². The molecule has 0 bridgehead atoms. The number of benzene rings is 2. The van der Waals surface area contributed by atoms with Crippen LogP contribution in [0.25, 0.3) is 0 Å². The number of non-ortho nitro benzene ring substituents is 1. The third kappa shape index (κ3) is 4.39. The molecule has 4 heteroatoms. The molecule has 0 aliphatic carbocycles. The molecule has 2 atom stereocenters. The molecule has 0 fully saturated rings. The summed E-state index contributed by atoms with van der Waals surface area (Å²) in [4.78, 5) is 10.5. The lowest BCUT2D eigenvalue weighted by Gasteiger charge is -2.20. The second-order valence-electron chi connectivity index (χ2n) is 5.33. The van der Waals surface area contributed by atoms with E-state index in [2.05, 4.69) is 24.4 Å². The zero-order chi connectivity index (χ0) is 15.2. The maximum atomic E-state index is 10.8. The Morgan fingerprint density at radius 2 is 1.81 bits per heavy atom. The lowest BCUT2D eigenvalue weighted by Crippen LogP contribution is -2.30. The van der Waals surface area contributed by atoms with Gasteiger partial charge in [-0.2, -0.15) is 0 Å². The van der Waals surface area contributed by atoms with Gasteiger partial charge in [-0.1, -0.05) is 42.5 Å². The number of nitrogens with one attached hydrogen (secondary N) is 1. The first kappa shape index (κ1) is 15.2. The highest BCUT2D eigenvalue weighted by atomic mass is 16.6. The van der Waals surface area contributed by atoms with Crippen LogP contribution < -0.4 is 5.32 Å². The van der Waals surface area contributed by atoms with Gasteiger partial charge >= 0.3 is 0 Å². The van der Waals surface area contributed by atoms with Crippen LogP contribution in [-0.4, -0.2) is 11.0 Å². The van der Waals surface area contributed by atoms with E-state index in [-0.39, 0.29) is 16.7 Å². The Morgan fingerprint density at radius 1 is 1.10 bits per heavy atom.